The van der Waals surface area contributed by atoms with Gasteiger partial charge in [-0.1, -0.05) is 13.8 Å². The first-order valence-corrected chi connectivity index (χ1v) is 6.34. The van der Waals surface area contributed by atoms with E-state index in [4.69, 9.17) is 4.74 Å². The van der Waals surface area contributed by atoms with Crippen LogP contribution in [-0.4, -0.2) is 49.8 Å². The molecule has 96 valence electrons. The summed E-state index contributed by atoms with van der Waals surface area (Å²) in [7, 11) is 0. The summed E-state index contributed by atoms with van der Waals surface area (Å²) in [4.78, 5) is 2.51. The number of ether oxygens (including phenoxy) is 1. The third-order valence-corrected chi connectivity index (χ3v) is 2.85. The quantitative estimate of drug-likeness (QED) is 0.793. The Bertz CT molecular complexity index is 202. The predicted molar refractivity (Wildman–Crippen MR) is 68.8 cm³/mol. The fourth-order valence-corrected chi connectivity index (χ4v) is 1.92. The van der Waals surface area contributed by atoms with Crippen molar-refractivity contribution in [1.82, 2.24) is 10.2 Å². The van der Waals surface area contributed by atoms with Crippen LogP contribution < -0.4 is 5.32 Å². The molecule has 0 atom stereocenters. The summed E-state index contributed by atoms with van der Waals surface area (Å²) in [5, 5.41) is 3.59. The molecule has 1 saturated heterocycles. The van der Waals surface area contributed by atoms with Crippen LogP contribution in [-0.2, 0) is 4.74 Å². The van der Waals surface area contributed by atoms with Crippen molar-refractivity contribution in [2.45, 2.75) is 40.2 Å². The average molecular weight is 228 g/mol. The topological polar surface area (TPSA) is 24.5 Å². The van der Waals surface area contributed by atoms with Crippen molar-refractivity contribution in [3.05, 3.63) is 0 Å². The Morgan fingerprint density at radius 3 is 2.12 bits per heavy atom. The lowest BCUT2D eigenvalue weighted by molar-refractivity contribution is 0.0205. The standard InChI is InChI=1S/C13H28N2O/c1-12(2,3)14-10-13(4,5)11-15-6-8-16-9-7-15/h14H,6-11H2,1-5H3. The summed E-state index contributed by atoms with van der Waals surface area (Å²) >= 11 is 0. The molecule has 1 aliphatic heterocycles. The first-order valence-electron chi connectivity index (χ1n) is 6.34. The van der Waals surface area contributed by atoms with Gasteiger partial charge in [0.05, 0.1) is 13.2 Å². The van der Waals surface area contributed by atoms with E-state index in [-0.39, 0.29) is 5.54 Å². The molecule has 0 aliphatic carbocycles. The Kier molecular flexibility index (Phi) is 4.77. The van der Waals surface area contributed by atoms with Gasteiger partial charge in [0.2, 0.25) is 0 Å². The van der Waals surface area contributed by atoms with Crippen LogP contribution in [0.4, 0.5) is 0 Å². The zero-order valence-electron chi connectivity index (χ0n) is 11.6. The SMILES string of the molecule is CC(C)(CNC(C)(C)C)CN1CCOCC1. The Morgan fingerprint density at radius 1 is 1.06 bits per heavy atom. The Hall–Kier alpha value is -0.120. The molecule has 0 radical (unpaired) electrons. The molecule has 0 amide bonds. The zero-order valence-corrected chi connectivity index (χ0v) is 11.6. The largest absolute Gasteiger partial charge is 0.379 e. The van der Waals surface area contributed by atoms with Crippen LogP contribution in [0.2, 0.25) is 0 Å². The predicted octanol–water partition coefficient (Wildman–Crippen LogP) is 1.73. The normalized spacial score (nSPS) is 20.1. The minimum absolute atomic E-state index is 0.211. The van der Waals surface area contributed by atoms with Gasteiger partial charge in [-0.05, 0) is 26.2 Å². The lowest BCUT2D eigenvalue weighted by atomic mass is 9.91. The highest BCUT2D eigenvalue weighted by molar-refractivity contribution is 4.81. The molecule has 3 heteroatoms. The van der Waals surface area contributed by atoms with Crippen molar-refractivity contribution < 1.29 is 4.74 Å². The van der Waals surface area contributed by atoms with E-state index >= 15 is 0 Å². The van der Waals surface area contributed by atoms with Crippen LogP contribution in [0, 0.1) is 5.41 Å². The van der Waals surface area contributed by atoms with Crippen LogP contribution in [0.5, 0.6) is 0 Å². The van der Waals surface area contributed by atoms with Crippen LogP contribution in [0.15, 0.2) is 0 Å². The first kappa shape index (κ1) is 13.9. The molecule has 1 heterocycles. The van der Waals surface area contributed by atoms with E-state index in [9.17, 15) is 0 Å². The summed E-state index contributed by atoms with van der Waals surface area (Å²) in [5.41, 5.74) is 0.535. The van der Waals surface area contributed by atoms with Crippen LogP contribution in [0.3, 0.4) is 0 Å². The molecule has 3 nitrogen and oxygen atoms in total. The maximum Gasteiger partial charge on any atom is 0.0594 e. The van der Waals surface area contributed by atoms with Gasteiger partial charge < -0.3 is 10.1 Å². The van der Waals surface area contributed by atoms with Crippen LogP contribution in [0.1, 0.15) is 34.6 Å². The molecule has 1 N–H and O–H groups in total. The highest BCUT2D eigenvalue weighted by atomic mass is 16.5. The van der Waals surface area contributed by atoms with Crippen molar-refractivity contribution in [2.24, 2.45) is 5.41 Å². The molecule has 1 aliphatic rings. The zero-order chi connectivity index (χ0) is 12.2. The molecule has 0 unspecified atom stereocenters. The first-order chi connectivity index (χ1) is 7.29. The smallest absolute Gasteiger partial charge is 0.0594 e. The second-order valence-corrected chi connectivity index (χ2v) is 6.66. The second kappa shape index (κ2) is 5.48. The maximum atomic E-state index is 5.37. The monoisotopic (exact) mass is 228 g/mol. The van der Waals surface area contributed by atoms with E-state index < -0.39 is 0 Å². The minimum atomic E-state index is 0.211. The van der Waals surface area contributed by atoms with Gasteiger partial charge in [-0.15, -0.1) is 0 Å². The minimum Gasteiger partial charge on any atom is -0.379 e. The van der Waals surface area contributed by atoms with Gasteiger partial charge in [0.15, 0.2) is 0 Å². The maximum absolute atomic E-state index is 5.37. The molecule has 0 bridgehead atoms. The van der Waals surface area contributed by atoms with E-state index in [2.05, 4.69) is 44.8 Å². The molecule has 0 aromatic heterocycles. The highest BCUT2D eigenvalue weighted by Crippen LogP contribution is 2.18. The molecule has 16 heavy (non-hydrogen) atoms. The molecular formula is C13H28N2O. The van der Waals surface area contributed by atoms with Crippen molar-refractivity contribution in [1.29, 1.82) is 0 Å². The number of nitrogens with one attached hydrogen (secondary N) is 1. The van der Waals surface area contributed by atoms with E-state index in [1.54, 1.807) is 0 Å². The molecule has 1 fully saturated rings. The van der Waals surface area contributed by atoms with Gasteiger partial charge in [0.25, 0.3) is 0 Å². The molecule has 0 aromatic rings. The van der Waals surface area contributed by atoms with Gasteiger partial charge >= 0.3 is 0 Å². The number of hydrogen-bond acceptors (Lipinski definition) is 3. The summed E-state index contributed by atoms with van der Waals surface area (Å²) in [6.07, 6.45) is 0. The summed E-state index contributed by atoms with van der Waals surface area (Å²) < 4.78 is 5.37. The lowest BCUT2D eigenvalue weighted by Crippen LogP contribution is -2.48. The van der Waals surface area contributed by atoms with Gasteiger partial charge in [-0.25, -0.2) is 0 Å². The summed E-state index contributed by atoms with van der Waals surface area (Å²) in [5.74, 6) is 0. The number of rotatable bonds is 4. The fraction of sp³-hybridized carbons (Fsp3) is 1.00. The molecule has 1 rings (SSSR count). The Balaban J connectivity index is 2.32. The average Bonchev–Trinajstić information content (AvgIpc) is 2.15. The van der Waals surface area contributed by atoms with E-state index in [0.29, 0.717) is 5.41 Å². The summed E-state index contributed by atoms with van der Waals surface area (Å²) in [6, 6.07) is 0. The number of hydrogen-bond donors (Lipinski definition) is 1. The molecule has 0 saturated carbocycles. The van der Waals surface area contributed by atoms with Gasteiger partial charge in [0, 0.05) is 31.7 Å². The van der Waals surface area contributed by atoms with Crippen LogP contribution >= 0.6 is 0 Å². The molecular weight excluding hydrogens is 200 g/mol. The number of nitrogens with zero attached hydrogens (tertiary/aromatic N) is 1. The third kappa shape index (κ3) is 5.83. The van der Waals surface area contributed by atoms with E-state index in [1.165, 1.54) is 0 Å². The van der Waals surface area contributed by atoms with Gasteiger partial charge in [-0.2, -0.15) is 0 Å². The van der Waals surface area contributed by atoms with Crippen molar-refractivity contribution in [2.75, 3.05) is 39.4 Å². The van der Waals surface area contributed by atoms with Crippen molar-refractivity contribution in [3.8, 4) is 0 Å². The Morgan fingerprint density at radius 2 is 1.62 bits per heavy atom. The van der Waals surface area contributed by atoms with Gasteiger partial charge in [-0.3, -0.25) is 4.90 Å². The second-order valence-electron chi connectivity index (χ2n) is 6.66. The number of morpholine rings is 1. The fourth-order valence-electron chi connectivity index (χ4n) is 1.92. The highest BCUT2D eigenvalue weighted by Gasteiger charge is 2.24. The Labute approximate surface area is 101 Å². The molecule has 0 spiro atoms. The van der Waals surface area contributed by atoms with E-state index in [0.717, 1.165) is 39.4 Å². The summed E-state index contributed by atoms with van der Waals surface area (Å²) in [6.45, 7) is 17.5. The molecule has 0 aromatic carbocycles. The van der Waals surface area contributed by atoms with Gasteiger partial charge in [0.1, 0.15) is 0 Å². The third-order valence-electron chi connectivity index (χ3n) is 2.85. The lowest BCUT2D eigenvalue weighted by Gasteiger charge is -2.36. The van der Waals surface area contributed by atoms with Crippen molar-refractivity contribution >= 4 is 0 Å². The van der Waals surface area contributed by atoms with Crippen molar-refractivity contribution in [3.63, 3.8) is 0 Å². The van der Waals surface area contributed by atoms with E-state index in [1.807, 2.05) is 0 Å². The van der Waals surface area contributed by atoms with Crippen LogP contribution in [0.25, 0.3) is 0 Å².